The van der Waals surface area contributed by atoms with Crippen LogP contribution in [0.2, 0.25) is 0 Å². The monoisotopic (exact) mass is 742 g/mol. The van der Waals surface area contributed by atoms with Gasteiger partial charge in [0.2, 0.25) is 10.0 Å². The minimum Gasteiger partial charge on any atom is -0.434 e. The molecule has 4 aliphatic rings. The van der Waals surface area contributed by atoms with E-state index < -0.39 is 50.2 Å². The Bertz CT molecular complexity index is 2190. The number of rotatable bonds is 11. The standard InChI is InChI=1S/C35H40F2N6O8S/c1-19-27-29(20(2)28(19)43-38-14-15-39-43)41(33(46)42(30(27)44)35(12-13-35)31(45)40-52(47,48)34(3,4)5)18-26(24-8-6-7-9-25(24)51-32(36)37)50-23-16-21-10-11-22(17-23)49-21/h6-9,14-15,21-23,26,32H,2,10-13,16-18H2,1,3-5H3,(H,40,45)/t21-,22+,23?,26-/m0/s1. The average molecular weight is 743 g/mol. The van der Waals surface area contributed by atoms with E-state index in [9.17, 15) is 31.6 Å². The number of nitrogens with one attached hydrogen (secondary N) is 1. The Kier molecular flexibility index (Phi) is 8.89. The SMILES string of the molecule is C=C1C(n2nccn2)=C(C)c2c1n(C[C@H](OC1C[C@H]3CC[C@@H](C1)O3)c1ccccc1OC(F)F)c(=O)n(C1(C(=O)NS(=O)(=O)C(C)(C)C)CC1)c2=O. The summed E-state index contributed by atoms with van der Waals surface area (Å²) in [6.45, 7) is 6.64. The maximum atomic E-state index is 14.9. The Balaban J connectivity index is 1.40. The number of alkyl halides is 2. The lowest BCUT2D eigenvalue weighted by molar-refractivity contribution is -0.124. The van der Waals surface area contributed by atoms with E-state index in [1.165, 1.54) is 54.7 Å². The smallest absolute Gasteiger partial charge is 0.387 e. The second-order valence-electron chi connectivity index (χ2n) is 14.7. The third-order valence-corrected chi connectivity index (χ3v) is 12.4. The lowest BCUT2D eigenvalue weighted by Crippen LogP contribution is -2.55. The summed E-state index contributed by atoms with van der Waals surface area (Å²) >= 11 is 0. The van der Waals surface area contributed by atoms with Crippen LogP contribution in [-0.2, 0) is 36.4 Å². The first-order chi connectivity index (χ1) is 24.5. The van der Waals surface area contributed by atoms with Crippen molar-refractivity contribution in [1.82, 2.24) is 28.9 Å². The predicted molar refractivity (Wildman–Crippen MR) is 185 cm³/mol. The molecule has 2 bridgehead atoms. The van der Waals surface area contributed by atoms with E-state index in [1.807, 2.05) is 0 Å². The van der Waals surface area contributed by atoms with Crippen LogP contribution in [0, 0.1) is 0 Å². The molecule has 2 saturated heterocycles. The summed E-state index contributed by atoms with van der Waals surface area (Å²) in [5, 5.41) is 8.44. The molecule has 2 aliphatic carbocycles. The van der Waals surface area contributed by atoms with Gasteiger partial charge in [0.05, 0.1) is 59.0 Å². The van der Waals surface area contributed by atoms with Gasteiger partial charge in [-0.1, -0.05) is 24.8 Å². The molecule has 1 unspecified atom stereocenters. The number of para-hydroxylation sites is 1. The van der Waals surface area contributed by atoms with Crippen LogP contribution in [0.5, 0.6) is 5.75 Å². The number of sulfonamides is 1. The molecule has 278 valence electrons. The molecule has 4 heterocycles. The summed E-state index contributed by atoms with van der Waals surface area (Å²) in [4.78, 5) is 44.5. The van der Waals surface area contributed by atoms with Gasteiger partial charge in [0.15, 0.2) is 0 Å². The number of benzene rings is 1. The van der Waals surface area contributed by atoms with Crippen molar-refractivity contribution in [3.05, 3.63) is 80.9 Å². The van der Waals surface area contributed by atoms with Crippen molar-refractivity contribution in [2.75, 3.05) is 0 Å². The molecule has 17 heteroatoms. The molecule has 1 N–H and O–H groups in total. The maximum absolute atomic E-state index is 14.9. The highest BCUT2D eigenvalue weighted by Crippen LogP contribution is 2.46. The molecule has 52 heavy (non-hydrogen) atoms. The molecule has 2 aliphatic heterocycles. The van der Waals surface area contributed by atoms with Crippen LogP contribution in [-0.4, -0.2) is 68.1 Å². The molecule has 0 radical (unpaired) electrons. The van der Waals surface area contributed by atoms with E-state index in [4.69, 9.17) is 14.2 Å². The van der Waals surface area contributed by atoms with Gasteiger partial charge in [-0.2, -0.15) is 23.8 Å². The van der Waals surface area contributed by atoms with Gasteiger partial charge in [-0.05, 0) is 77.9 Å². The largest absolute Gasteiger partial charge is 0.434 e. The van der Waals surface area contributed by atoms with Gasteiger partial charge in [-0.3, -0.25) is 18.9 Å². The molecule has 1 aromatic carbocycles. The second kappa shape index (κ2) is 12.9. The zero-order chi connectivity index (χ0) is 37.3. The van der Waals surface area contributed by atoms with Crippen LogP contribution < -0.4 is 20.7 Å². The molecule has 0 spiro atoms. The summed E-state index contributed by atoms with van der Waals surface area (Å²) in [5.74, 6) is -1.17. The number of carbonyl (C=O) groups excluding carboxylic acids is 1. The molecule has 1 saturated carbocycles. The second-order valence-corrected chi connectivity index (χ2v) is 17.1. The maximum Gasteiger partial charge on any atom is 0.387 e. The first-order valence-corrected chi connectivity index (χ1v) is 18.6. The van der Waals surface area contributed by atoms with Crippen LogP contribution >= 0.6 is 0 Å². The molecule has 3 fully saturated rings. The summed E-state index contributed by atoms with van der Waals surface area (Å²) < 4.78 is 74.0. The number of nitrogens with zero attached hydrogens (tertiary/aromatic N) is 5. The number of amides is 1. The van der Waals surface area contributed by atoms with Crippen molar-refractivity contribution in [2.45, 2.75) is 114 Å². The van der Waals surface area contributed by atoms with E-state index in [0.29, 0.717) is 24.1 Å². The molecule has 7 rings (SSSR count). The molecular weight excluding hydrogens is 702 g/mol. The van der Waals surface area contributed by atoms with E-state index in [2.05, 4.69) is 21.5 Å². The molecule has 3 aromatic rings. The van der Waals surface area contributed by atoms with Gasteiger partial charge < -0.3 is 14.2 Å². The zero-order valence-electron chi connectivity index (χ0n) is 29.2. The van der Waals surface area contributed by atoms with Crippen molar-refractivity contribution in [3.8, 4) is 5.75 Å². The fourth-order valence-corrected chi connectivity index (χ4v) is 8.17. The third-order valence-electron chi connectivity index (χ3n) is 10.3. The first-order valence-electron chi connectivity index (χ1n) is 17.1. The highest BCUT2D eigenvalue weighted by atomic mass is 32.2. The van der Waals surface area contributed by atoms with Crippen LogP contribution in [0.3, 0.4) is 0 Å². The summed E-state index contributed by atoms with van der Waals surface area (Å²) in [6, 6.07) is 6.13. The molecule has 1 amide bonds. The average Bonchev–Trinajstić information content (AvgIpc) is 3.39. The number of ether oxygens (including phenoxy) is 3. The topological polar surface area (TPSA) is 166 Å². The quantitative estimate of drug-likeness (QED) is 0.305. The fourth-order valence-electron chi connectivity index (χ4n) is 7.43. The third kappa shape index (κ3) is 6.11. The van der Waals surface area contributed by atoms with Crippen molar-refractivity contribution in [2.24, 2.45) is 0 Å². The zero-order valence-corrected chi connectivity index (χ0v) is 30.0. The van der Waals surface area contributed by atoms with Gasteiger partial charge in [0, 0.05) is 11.1 Å². The van der Waals surface area contributed by atoms with Crippen molar-refractivity contribution in [3.63, 3.8) is 0 Å². The Morgan fingerprint density at radius 1 is 1.12 bits per heavy atom. The van der Waals surface area contributed by atoms with E-state index >= 15 is 0 Å². The van der Waals surface area contributed by atoms with Crippen LogP contribution in [0.15, 0.2) is 52.8 Å². The Morgan fingerprint density at radius 2 is 1.75 bits per heavy atom. The Labute approximate surface area is 298 Å². The minimum atomic E-state index is -4.22. The lowest BCUT2D eigenvalue weighted by Gasteiger charge is -2.33. The van der Waals surface area contributed by atoms with Crippen molar-refractivity contribution < 1.29 is 36.2 Å². The van der Waals surface area contributed by atoms with Crippen LogP contribution in [0.1, 0.15) is 89.1 Å². The number of allylic oxidation sites excluding steroid dienone is 3. The molecule has 14 nitrogen and oxygen atoms in total. The van der Waals surface area contributed by atoms with Gasteiger partial charge in [-0.15, -0.1) is 0 Å². The highest BCUT2D eigenvalue weighted by molar-refractivity contribution is 7.91. The summed E-state index contributed by atoms with van der Waals surface area (Å²) in [7, 11) is -4.22. The molecule has 2 aromatic heterocycles. The minimum absolute atomic E-state index is 0.0134. The van der Waals surface area contributed by atoms with E-state index in [0.717, 1.165) is 17.4 Å². The normalized spacial score (nSPS) is 22.8. The summed E-state index contributed by atoms with van der Waals surface area (Å²) in [6.07, 6.45) is 4.23. The van der Waals surface area contributed by atoms with Crippen LogP contribution in [0.25, 0.3) is 16.8 Å². The number of carbonyl (C=O) groups is 1. The Hall–Kier alpha value is -4.48. The molecule has 4 atom stereocenters. The number of halogens is 2. The predicted octanol–water partition coefficient (Wildman–Crippen LogP) is 3.82. The fraction of sp³-hybridized carbons (Fsp3) is 0.514. The van der Waals surface area contributed by atoms with Crippen LogP contribution in [0.4, 0.5) is 8.78 Å². The molecular formula is C35H40F2N6O8S. The van der Waals surface area contributed by atoms with Gasteiger partial charge >= 0.3 is 12.3 Å². The number of fused-ring (bicyclic) bond motifs is 3. The van der Waals surface area contributed by atoms with Gasteiger partial charge in [0.25, 0.3) is 11.5 Å². The first kappa shape index (κ1) is 35.9. The van der Waals surface area contributed by atoms with Crippen molar-refractivity contribution >= 4 is 32.8 Å². The Morgan fingerprint density at radius 3 is 2.35 bits per heavy atom. The van der Waals surface area contributed by atoms with E-state index in [-0.39, 0.29) is 65.8 Å². The van der Waals surface area contributed by atoms with Gasteiger partial charge in [-0.25, -0.2) is 17.8 Å². The number of hydrogen-bond donors (Lipinski definition) is 1. The lowest BCUT2D eigenvalue weighted by atomic mass is 10.0. The number of hydrogen-bond acceptors (Lipinski definition) is 10. The van der Waals surface area contributed by atoms with Gasteiger partial charge in [0.1, 0.15) is 17.4 Å². The highest BCUT2D eigenvalue weighted by Gasteiger charge is 2.56. The summed E-state index contributed by atoms with van der Waals surface area (Å²) in [5.41, 5.74) is -2.26. The van der Waals surface area contributed by atoms with E-state index in [1.54, 1.807) is 19.1 Å². The number of aromatic nitrogens is 5. The van der Waals surface area contributed by atoms with Crippen molar-refractivity contribution in [1.29, 1.82) is 0 Å².